The number of hydrogen-bond acceptors (Lipinski definition) is 2. The summed E-state index contributed by atoms with van der Waals surface area (Å²) in [6.45, 7) is 1.65. The number of rotatable bonds is 2. The van der Waals surface area contributed by atoms with Gasteiger partial charge >= 0.3 is 12.1 Å². The van der Waals surface area contributed by atoms with Crippen molar-refractivity contribution in [2.45, 2.75) is 25.9 Å². The van der Waals surface area contributed by atoms with E-state index in [-0.39, 0.29) is 31.7 Å². The fourth-order valence-corrected chi connectivity index (χ4v) is 2.55. The van der Waals surface area contributed by atoms with E-state index in [1.54, 1.807) is 37.3 Å². The number of nitrogens with zero attached hydrogens (tertiary/aromatic N) is 1. The van der Waals surface area contributed by atoms with Gasteiger partial charge in [-0.2, -0.15) is 13.2 Å². The van der Waals surface area contributed by atoms with E-state index in [0.29, 0.717) is 5.56 Å². The van der Waals surface area contributed by atoms with Gasteiger partial charge in [-0.15, -0.1) is 0 Å². The summed E-state index contributed by atoms with van der Waals surface area (Å²) in [5.74, 6) is -1.90. The molecule has 1 heterocycles. The van der Waals surface area contributed by atoms with Crippen LogP contribution in [0, 0.1) is 5.41 Å². The van der Waals surface area contributed by atoms with Gasteiger partial charge in [0.15, 0.2) is 5.78 Å². The maximum absolute atomic E-state index is 12.5. The van der Waals surface area contributed by atoms with Crippen LogP contribution in [-0.2, 0) is 4.79 Å². The topological polar surface area (TPSA) is 37.4 Å². The number of Topliss-reactive ketones (excluding diaryl/α,β-unsaturated/α-hetero) is 1. The fourth-order valence-electron chi connectivity index (χ4n) is 2.55. The molecule has 21 heavy (non-hydrogen) atoms. The van der Waals surface area contributed by atoms with Crippen LogP contribution in [0.2, 0.25) is 0 Å². The normalized spacial score (nSPS) is 18.4. The molecule has 6 heteroatoms. The van der Waals surface area contributed by atoms with E-state index in [9.17, 15) is 22.8 Å². The molecule has 0 N–H and O–H groups in total. The van der Waals surface area contributed by atoms with Crippen LogP contribution >= 0.6 is 0 Å². The number of alkyl halides is 3. The summed E-state index contributed by atoms with van der Waals surface area (Å²) in [7, 11) is 0. The molecule has 0 atom stereocenters. The number of carbonyl (C=O) groups is 2. The number of carbonyl (C=O) groups excluding carboxylic acids is 2. The van der Waals surface area contributed by atoms with Crippen molar-refractivity contribution in [2.75, 3.05) is 13.1 Å². The molecule has 0 spiro atoms. The predicted molar refractivity (Wildman–Crippen MR) is 70.7 cm³/mol. The molecular formula is C15H16F3NO2. The van der Waals surface area contributed by atoms with Gasteiger partial charge in [-0.3, -0.25) is 9.59 Å². The third-order valence-electron chi connectivity index (χ3n) is 3.98. The Morgan fingerprint density at radius 2 is 1.62 bits per heavy atom. The molecule has 1 fully saturated rings. The molecule has 1 aromatic carbocycles. The van der Waals surface area contributed by atoms with Crippen molar-refractivity contribution in [2.24, 2.45) is 5.41 Å². The maximum Gasteiger partial charge on any atom is 0.471 e. The van der Waals surface area contributed by atoms with Crippen molar-refractivity contribution in [1.29, 1.82) is 0 Å². The zero-order valence-electron chi connectivity index (χ0n) is 11.6. The summed E-state index contributed by atoms with van der Waals surface area (Å²) >= 11 is 0. The molecule has 0 bridgehead atoms. The number of halogens is 3. The van der Waals surface area contributed by atoms with E-state index in [0.717, 1.165) is 4.90 Å². The molecule has 0 aliphatic carbocycles. The molecule has 0 radical (unpaired) electrons. The van der Waals surface area contributed by atoms with Crippen LogP contribution in [0.5, 0.6) is 0 Å². The number of piperidine rings is 1. The quantitative estimate of drug-likeness (QED) is 0.787. The molecular weight excluding hydrogens is 283 g/mol. The Kier molecular flexibility index (Phi) is 4.07. The van der Waals surface area contributed by atoms with Crippen molar-refractivity contribution in [1.82, 2.24) is 4.90 Å². The van der Waals surface area contributed by atoms with Gasteiger partial charge in [-0.05, 0) is 12.8 Å². The first kappa shape index (κ1) is 15.5. The predicted octanol–water partition coefficient (Wildman–Crippen LogP) is 3.06. The lowest BCUT2D eigenvalue weighted by Crippen LogP contribution is -2.49. The molecule has 1 amide bonds. The lowest BCUT2D eigenvalue weighted by atomic mass is 9.74. The van der Waals surface area contributed by atoms with E-state index in [4.69, 9.17) is 0 Å². The zero-order chi connectivity index (χ0) is 15.7. The SMILES string of the molecule is CC1(C(=O)c2ccccc2)CCN(C(=O)C(F)(F)F)CC1. The maximum atomic E-state index is 12.5. The number of hydrogen-bond donors (Lipinski definition) is 0. The standard InChI is InChI=1S/C15H16F3NO2/c1-14(12(20)11-5-3-2-4-6-11)7-9-19(10-8-14)13(21)15(16,17)18/h2-6H,7-10H2,1H3. The molecule has 1 aromatic rings. The van der Waals surface area contributed by atoms with E-state index >= 15 is 0 Å². The lowest BCUT2D eigenvalue weighted by molar-refractivity contribution is -0.187. The Morgan fingerprint density at radius 3 is 2.10 bits per heavy atom. The number of amides is 1. The summed E-state index contributed by atoms with van der Waals surface area (Å²) in [6, 6.07) is 8.68. The van der Waals surface area contributed by atoms with Gasteiger partial charge in [0.25, 0.3) is 0 Å². The van der Waals surface area contributed by atoms with Crippen LogP contribution in [0.25, 0.3) is 0 Å². The number of ketones is 1. The number of likely N-dealkylation sites (tertiary alicyclic amines) is 1. The van der Waals surface area contributed by atoms with Crippen molar-refractivity contribution in [3.8, 4) is 0 Å². The van der Waals surface area contributed by atoms with Crippen LogP contribution in [-0.4, -0.2) is 35.9 Å². The Bertz CT molecular complexity index is 532. The first-order valence-electron chi connectivity index (χ1n) is 6.70. The minimum atomic E-state index is -4.85. The zero-order valence-corrected chi connectivity index (χ0v) is 11.6. The molecule has 0 aromatic heterocycles. The number of benzene rings is 1. The highest BCUT2D eigenvalue weighted by molar-refractivity contribution is 6.00. The molecule has 0 saturated carbocycles. The summed E-state index contributed by atoms with van der Waals surface area (Å²) in [5, 5.41) is 0. The molecule has 0 unspecified atom stereocenters. The van der Waals surface area contributed by atoms with Crippen molar-refractivity contribution >= 4 is 11.7 Å². The average Bonchev–Trinajstić information content (AvgIpc) is 2.46. The van der Waals surface area contributed by atoms with Crippen LogP contribution in [0.3, 0.4) is 0 Å². The monoisotopic (exact) mass is 299 g/mol. The van der Waals surface area contributed by atoms with Crippen LogP contribution in [0.15, 0.2) is 30.3 Å². The van der Waals surface area contributed by atoms with Crippen LogP contribution in [0.1, 0.15) is 30.1 Å². The smallest absolute Gasteiger partial charge is 0.335 e. The first-order valence-corrected chi connectivity index (χ1v) is 6.70. The van der Waals surface area contributed by atoms with E-state index < -0.39 is 17.5 Å². The van der Waals surface area contributed by atoms with E-state index in [1.807, 2.05) is 0 Å². The minimum absolute atomic E-state index is 0.0482. The molecule has 1 aliphatic heterocycles. The van der Waals surface area contributed by atoms with Crippen molar-refractivity contribution in [3.05, 3.63) is 35.9 Å². The van der Waals surface area contributed by atoms with Gasteiger partial charge in [0, 0.05) is 24.1 Å². The third-order valence-corrected chi connectivity index (χ3v) is 3.98. The second kappa shape index (κ2) is 5.50. The Labute approximate surface area is 120 Å². The van der Waals surface area contributed by atoms with Gasteiger partial charge in [0.2, 0.25) is 0 Å². The minimum Gasteiger partial charge on any atom is -0.335 e. The Morgan fingerprint density at radius 1 is 1.10 bits per heavy atom. The van der Waals surface area contributed by atoms with Crippen molar-refractivity contribution < 1.29 is 22.8 Å². The largest absolute Gasteiger partial charge is 0.471 e. The summed E-state index contributed by atoms with van der Waals surface area (Å²) in [4.78, 5) is 24.4. The first-order chi connectivity index (χ1) is 9.74. The Balaban J connectivity index is 2.06. The highest BCUT2D eigenvalue weighted by Gasteiger charge is 2.46. The molecule has 3 nitrogen and oxygen atoms in total. The highest BCUT2D eigenvalue weighted by Crippen LogP contribution is 2.35. The second-order valence-corrected chi connectivity index (χ2v) is 5.55. The molecule has 1 saturated heterocycles. The summed E-state index contributed by atoms with van der Waals surface area (Å²) in [5.41, 5.74) is -0.167. The summed E-state index contributed by atoms with van der Waals surface area (Å²) < 4.78 is 37.2. The van der Waals surface area contributed by atoms with Gasteiger partial charge in [0.1, 0.15) is 0 Å². The van der Waals surface area contributed by atoms with E-state index in [2.05, 4.69) is 0 Å². The van der Waals surface area contributed by atoms with E-state index in [1.165, 1.54) is 0 Å². The van der Waals surface area contributed by atoms with Gasteiger partial charge < -0.3 is 4.90 Å². The van der Waals surface area contributed by atoms with Gasteiger partial charge in [-0.25, -0.2) is 0 Å². The second-order valence-electron chi connectivity index (χ2n) is 5.55. The molecule has 2 rings (SSSR count). The van der Waals surface area contributed by atoms with Gasteiger partial charge in [-0.1, -0.05) is 37.3 Å². The van der Waals surface area contributed by atoms with Crippen molar-refractivity contribution in [3.63, 3.8) is 0 Å². The average molecular weight is 299 g/mol. The Hall–Kier alpha value is -1.85. The fraction of sp³-hybridized carbons (Fsp3) is 0.467. The van der Waals surface area contributed by atoms with Crippen LogP contribution < -0.4 is 0 Å². The highest BCUT2D eigenvalue weighted by atomic mass is 19.4. The molecule has 114 valence electrons. The lowest BCUT2D eigenvalue weighted by Gasteiger charge is -2.38. The molecule has 1 aliphatic rings. The van der Waals surface area contributed by atoms with Crippen LogP contribution in [0.4, 0.5) is 13.2 Å². The van der Waals surface area contributed by atoms with Gasteiger partial charge in [0.05, 0.1) is 0 Å². The summed E-state index contributed by atoms with van der Waals surface area (Å²) in [6.07, 6.45) is -4.37. The third kappa shape index (κ3) is 3.25.